The third-order valence-electron chi connectivity index (χ3n) is 2.13. The van der Waals surface area contributed by atoms with E-state index in [2.05, 4.69) is 20.2 Å². The van der Waals surface area contributed by atoms with E-state index < -0.39 is 0 Å². The van der Waals surface area contributed by atoms with Crippen LogP contribution in [0.2, 0.25) is 0 Å². The maximum atomic E-state index is 4.27. The van der Waals surface area contributed by atoms with Crippen LogP contribution in [0.25, 0.3) is 21.8 Å². The summed E-state index contributed by atoms with van der Waals surface area (Å²) in [6, 6.07) is 4.01. The van der Waals surface area contributed by atoms with E-state index in [0.29, 0.717) is 0 Å². The summed E-state index contributed by atoms with van der Waals surface area (Å²) < 4.78 is 0. The first kappa shape index (κ1) is 6.54. The number of hydrogen-bond acceptors (Lipinski definition) is 2. The highest BCUT2D eigenvalue weighted by Gasteiger charge is 2.06. The van der Waals surface area contributed by atoms with Crippen molar-refractivity contribution >= 4 is 21.8 Å². The fourth-order valence-electron chi connectivity index (χ4n) is 1.51. The predicted octanol–water partition coefficient (Wildman–Crippen LogP) is 0.925. The van der Waals surface area contributed by atoms with E-state index in [9.17, 15) is 0 Å². The van der Waals surface area contributed by atoms with Gasteiger partial charge in [-0.3, -0.25) is 5.10 Å². The molecule has 0 atom stereocenters. The monoisotopic (exact) mass is 171 g/mol. The van der Waals surface area contributed by atoms with Crippen LogP contribution in [0, 0.1) is 0 Å². The van der Waals surface area contributed by atoms with E-state index in [4.69, 9.17) is 0 Å². The van der Waals surface area contributed by atoms with Crippen LogP contribution in [0.3, 0.4) is 0 Å². The second-order valence-electron chi connectivity index (χ2n) is 2.90. The van der Waals surface area contributed by atoms with Gasteiger partial charge in [-0.1, -0.05) is 0 Å². The maximum Gasteiger partial charge on any atom is 0.284 e. The molecule has 4 heteroatoms. The summed E-state index contributed by atoms with van der Waals surface area (Å²) in [6.45, 7) is 0. The lowest BCUT2D eigenvalue weighted by Crippen LogP contribution is -2.00. The molecule has 0 saturated heterocycles. The van der Waals surface area contributed by atoms with Crippen LogP contribution in [-0.2, 0) is 0 Å². The Morgan fingerprint density at radius 2 is 2.31 bits per heavy atom. The van der Waals surface area contributed by atoms with Crippen molar-refractivity contribution in [2.75, 3.05) is 0 Å². The van der Waals surface area contributed by atoms with Crippen LogP contribution in [0.1, 0.15) is 0 Å². The van der Waals surface area contributed by atoms with E-state index in [-0.39, 0.29) is 0 Å². The van der Waals surface area contributed by atoms with E-state index >= 15 is 0 Å². The minimum Gasteiger partial charge on any atom is -0.278 e. The van der Waals surface area contributed by atoms with Gasteiger partial charge in [-0.15, -0.1) is 0 Å². The number of H-pyrrole nitrogens is 2. The highest BCUT2D eigenvalue weighted by molar-refractivity contribution is 6.02. The Labute approximate surface area is 73.6 Å². The molecule has 0 saturated carbocycles. The average molecular weight is 171 g/mol. The molecule has 2 N–H and O–H groups in total. The topological polar surface area (TPSA) is 55.7 Å². The molecule has 0 fully saturated rings. The number of aromatic nitrogens is 4. The molecule has 13 heavy (non-hydrogen) atoms. The molecule has 0 aliphatic heterocycles. The molecule has 0 bridgehead atoms. The Hall–Kier alpha value is -1.97. The molecule has 2 heterocycles. The highest BCUT2D eigenvalue weighted by Crippen LogP contribution is 2.19. The Kier molecular flexibility index (Phi) is 1.14. The SMILES string of the molecule is c1nc2c(ccc3[nH]ncc32)c[nH+]1. The highest BCUT2D eigenvalue weighted by atomic mass is 15.1. The lowest BCUT2D eigenvalue weighted by atomic mass is 10.2. The summed E-state index contributed by atoms with van der Waals surface area (Å²) in [5, 5.41) is 9.04. The van der Waals surface area contributed by atoms with Gasteiger partial charge in [-0.25, -0.2) is 4.98 Å². The van der Waals surface area contributed by atoms with Crippen molar-refractivity contribution in [2.45, 2.75) is 0 Å². The lowest BCUT2D eigenvalue weighted by Gasteiger charge is -1.89. The van der Waals surface area contributed by atoms with Gasteiger partial charge in [-0.05, 0) is 17.1 Å². The standard InChI is InChI=1S/C9H6N4/c1-2-8-7(4-12-13-8)9-6(1)3-10-5-11-9/h1-5H,(H,12,13)/p+1. The Morgan fingerprint density at radius 3 is 3.31 bits per heavy atom. The zero-order valence-electron chi connectivity index (χ0n) is 6.78. The van der Waals surface area contributed by atoms with Gasteiger partial charge in [-0.2, -0.15) is 5.10 Å². The summed E-state index contributed by atoms with van der Waals surface area (Å²) in [5.41, 5.74) is 2.00. The third kappa shape index (κ3) is 0.823. The predicted molar refractivity (Wildman–Crippen MR) is 48.0 cm³/mol. The summed E-state index contributed by atoms with van der Waals surface area (Å²) in [5.74, 6) is 0. The molecule has 0 amide bonds. The summed E-state index contributed by atoms with van der Waals surface area (Å²) in [4.78, 5) is 7.22. The minimum absolute atomic E-state index is 0.977. The smallest absolute Gasteiger partial charge is 0.278 e. The van der Waals surface area contributed by atoms with Crippen molar-refractivity contribution in [3.05, 3.63) is 30.9 Å². The van der Waals surface area contributed by atoms with Crippen molar-refractivity contribution in [1.82, 2.24) is 15.2 Å². The molecule has 0 aliphatic rings. The first-order valence-electron chi connectivity index (χ1n) is 4.03. The van der Waals surface area contributed by atoms with Gasteiger partial charge in [0, 0.05) is 0 Å². The van der Waals surface area contributed by atoms with Crippen molar-refractivity contribution < 1.29 is 4.98 Å². The molecule has 3 rings (SSSR count). The summed E-state index contributed by atoms with van der Waals surface area (Å²) >= 11 is 0. The molecule has 4 nitrogen and oxygen atoms in total. The van der Waals surface area contributed by atoms with Crippen LogP contribution in [0.4, 0.5) is 0 Å². The van der Waals surface area contributed by atoms with Crippen LogP contribution in [0.15, 0.2) is 30.9 Å². The largest absolute Gasteiger partial charge is 0.284 e. The Balaban J connectivity index is 2.65. The van der Waals surface area contributed by atoms with Crippen LogP contribution < -0.4 is 4.98 Å². The normalized spacial score (nSPS) is 11.1. The third-order valence-corrected chi connectivity index (χ3v) is 2.13. The first-order valence-corrected chi connectivity index (χ1v) is 4.03. The first-order chi connectivity index (χ1) is 6.45. The van der Waals surface area contributed by atoms with E-state index in [1.807, 2.05) is 18.3 Å². The van der Waals surface area contributed by atoms with Gasteiger partial charge >= 0.3 is 0 Å². The maximum absolute atomic E-state index is 4.27. The molecule has 0 aliphatic carbocycles. The lowest BCUT2D eigenvalue weighted by molar-refractivity contribution is -0.380. The quantitative estimate of drug-likeness (QED) is 0.547. The number of hydrogen-bond donors (Lipinski definition) is 1. The fraction of sp³-hybridized carbons (Fsp3) is 0. The van der Waals surface area contributed by atoms with Crippen molar-refractivity contribution in [2.24, 2.45) is 0 Å². The van der Waals surface area contributed by atoms with Gasteiger partial charge < -0.3 is 0 Å². The van der Waals surface area contributed by atoms with Gasteiger partial charge in [0.15, 0.2) is 5.52 Å². The molecule has 62 valence electrons. The summed E-state index contributed by atoms with van der Waals surface area (Å²) in [6.07, 6.45) is 5.40. The van der Waals surface area contributed by atoms with Crippen LogP contribution in [-0.4, -0.2) is 15.2 Å². The van der Waals surface area contributed by atoms with Crippen molar-refractivity contribution in [1.29, 1.82) is 0 Å². The fourth-order valence-corrected chi connectivity index (χ4v) is 1.51. The van der Waals surface area contributed by atoms with Crippen molar-refractivity contribution in [3.63, 3.8) is 0 Å². The minimum atomic E-state index is 0.977. The molecule has 2 aromatic heterocycles. The van der Waals surface area contributed by atoms with Gasteiger partial charge in [0.1, 0.15) is 0 Å². The zero-order chi connectivity index (χ0) is 8.67. The van der Waals surface area contributed by atoms with Gasteiger partial charge in [0.2, 0.25) is 0 Å². The van der Waals surface area contributed by atoms with Crippen LogP contribution >= 0.6 is 0 Å². The van der Waals surface area contributed by atoms with Gasteiger partial charge in [0.25, 0.3) is 6.33 Å². The molecular weight excluding hydrogens is 164 g/mol. The average Bonchev–Trinajstić information content (AvgIpc) is 2.65. The van der Waals surface area contributed by atoms with Crippen LogP contribution in [0.5, 0.6) is 0 Å². The number of nitrogens with one attached hydrogen (secondary N) is 2. The van der Waals surface area contributed by atoms with E-state index in [0.717, 1.165) is 21.8 Å². The summed E-state index contributed by atoms with van der Waals surface area (Å²) in [7, 11) is 0. The number of fused-ring (bicyclic) bond motifs is 3. The molecule has 0 unspecified atom stereocenters. The molecule has 3 aromatic rings. The number of nitrogens with zero attached hydrogens (tertiary/aromatic N) is 2. The number of aromatic amines is 2. The van der Waals surface area contributed by atoms with E-state index in [1.54, 1.807) is 12.5 Å². The number of rotatable bonds is 0. The molecule has 1 aromatic carbocycles. The second kappa shape index (κ2) is 2.26. The second-order valence-corrected chi connectivity index (χ2v) is 2.90. The zero-order valence-corrected chi connectivity index (χ0v) is 6.78. The van der Waals surface area contributed by atoms with Gasteiger partial charge in [0.05, 0.1) is 28.7 Å². The van der Waals surface area contributed by atoms with Crippen molar-refractivity contribution in [3.8, 4) is 0 Å². The Morgan fingerprint density at radius 1 is 1.31 bits per heavy atom. The number of benzene rings is 1. The molecular formula is C9H7N4+. The Bertz CT molecular complexity index is 570. The molecule has 0 spiro atoms. The molecule has 0 radical (unpaired) electrons. The van der Waals surface area contributed by atoms with E-state index in [1.165, 1.54) is 0 Å².